The Kier molecular flexibility index (Phi) is 12.9. The molecule has 0 aromatic heterocycles. The molecule has 0 aliphatic rings. The van der Waals surface area contributed by atoms with Crippen molar-refractivity contribution in [2.24, 2.45) is 30.7 Å². The molecule has 0 unspecified atom stereocenters. The van der Waals surface area contributed by atoms with Gasteiger partial charge in [0.25, 0.3) is 5.79 Å². The van der Waals surface area contributed by atoms with Gasteiger partial charge >= 0.3 is 0 Å². The van der Waals surface area contributed by atoms with E-state index in [4.69, 9.17) is 14.2 Å². The zero-order valence-electron chi connectivity index (χ0n) is 24.0. The Hall–Kier alpha value is -3.92. The Labute approximate surface area is 240 Å². The fourth-order valence-corrected chi connectivity index (χ4v) is 4.68. The first-order valence-electron chi connectivity index (χ1n) is 13.9. The molecule has 3 aromatic carbocycles. The summed E-state index contributed by atoms with van der Waals surface area (Å²) in [6.07, 6.45) is 0.559. The molecule has 0 aliphatic heterocycles. The average molecular weight is 561 g/mol. The number of hydrogen-bond donors (Lipinski definition) is 0. The van der Waals surface area contributed by atoms with E-state index >= 15 is 0 Å². The maximum Gasteiger partial charge on any atom is 0.298 e. The number of benzene rings is 3. The van der Waals surface area contributed by atoms with Gasteiger partial charge in [-0.3, -0.25) is 0 Å². The molecule has 0 amide bonds. The molecule has 40 heavy (non-hydrogen) atoms. The molecular formula is C30H40N6O3Si. The number of para-hydroxylation sites is 3. The average Bonchev–Trinajstić information content (AvgIpc) is 2.96. The van der Waals surface area contributed by atoms with Gasteiger partial charge in [0.1, 0.15) is 17.2 Å². The summed E-state index contributed by atoms with van der Waals surface area (Å²) in [5, 5.41) is 27.5. The van der Waals surface area contributed by atoms with E-state index in [9.17, 15) is 0 Å². The van der Waals surface area contributed by atoms with Gasteiger partial charge in [0.05, 0.1) is 39.5 Å². The SMILES string of the molecule is CCOc1ccccc1CN=NC(CC[SiH3])(N=NCc1ccccc1OCC)N=NCc1ccccc1OCC. The molecule has 10 heteroatoms. The summed E-state index contributed by atoms with van der Waals surface area (Å²) in [6.45, 7) is 8.63. The molecule has 0 N–H and O–H groups in total. The minimum atomic E-state index is -1.25. The second-order valence-electron chi connectivity index (χ2n) is 8.85. The van der Waals surface area contributed by atoms with Gasteiger partial charge in [0, 0.05) is 33.4 Å². The van der Waals surface area contributed by atoms with Crippen LogP contribution in [0, 0.1) is 0 Å². The molecule has 0 bridgehead atoms. The monoisotopic (exact) mass is 560 g/mol. The Morgan fingerprint density at radius 3 is 1.18 bits per heavy atom. The van der Waals surface area contributed by atoms with Crippen LogP contribution in [-0.2, 0) is 19.6 Å². The van der Waals surface area contributed by atoms with Crippen molar-refractivity contribution >= 4 is 10.2 Å². The highest BCUT2D eigenvalue weighted by Crippen LogP contribution is 2.28. The fraction of sp³-hybridized carbons (Fsp3) is 0.400. The summed E-state index contributed by atoms with van der Waals surface area (Å²) in [7, 11) is 0.956. The second-order valence-corrected chi connectivity index (χ2v) is 9.85. The van der Waals surface area contributed by atoms with Crippen LogP contribution >= 0.6 is 0 Å². The van der Waals surface area contributed by atoms with Crippen LogP contribution in [0.15, 0.2) is 103 Å². The van der Waals surface area contributed by atoms with E-state index in [0.29, 0.717) is 45.9 Å². The molecule has 212 valence electrons. The van der Waals surface area contributed by atoms with Crippen LogP contribution in [0.4, 0.5) is 0 Å². The molecule has 0 aliphatic carbocycles. The standard InChI is InChI=1S/C30H40N6O3Si/c1-4-37-27-16-10-7-13-24(27)21-31-34-30(19-20-40,35-32-22-25-14-8-11-17-28(25)38-5-2)36-33-23-26-15-9-12-18-29(26)39-6-3/h7-18H,4-6,19-23H2,1-3,40H3. The predicted molar refractivity (Wildman–Crippen MR) is 161 cm³/mol. The summed E-state index contributed by atoms with van der Waals surface area (Å²) < 4.78 is 17.3. The fourth-order valence-electron chi connectivity index (χ4n) is 4.01. The van der Waals surface area contributed by atoms with Crippen molar-refractivity contribution in [3.05, 3.63) is 89.5 Å². The van der Waals surface area contributed by atoms with Crippen LogP contribution in [0.3, 0.4) is 0 Å². The van der Waals surface area contributed by atoms with E-state index in [1.54, 1.807) is 0 Å². The first kappa shape index (κ1) is 30.6. The van der Waals surface area contributed by atoms with E-state index in [1.165, 1.54) is 0 Å². The first-order chi connectivity index (χ1) is 19.6. The van der Waals surface area contributed by atoms with Crippen molar-refractivity contribution < 1.29 is 14.2 Å². The Bertz CT molecular complexity index is 1120. The number of ether oxygens (including phenoxy) is 3. The highest BCUT2D eigenvalue weighted by Gasteiger charge is 2.29. The molecular weight excluding hydrogens is 520 g/mol. The smallest absolute Gasteiger partial charge is 0.298 e. The second kappa shape index (κ2) is 16.9. The van der Waals surface area contributed by atoms with Crippen LogP contribution in [0.1, 0.15) is 43.9 Å². The van der Waals surface area contributed by atoms with Crippen molar-refractivity contribution in [2.45, 2.75) is 58.7 Å². The Morgan fingerprint density at radius 2 is 0.875 bits per heavy atom. The summed E-state index contributed by atoms with van der Waals surface area (Å²) >= 11 is 0. The molecule has 3 aromatic rings. The maximum absolute atomic E-state index is 5.75. The summed E-state index contributed by atoms with van der Waals surface area (Å²) in [5.41, 5.74) is 2.83. The van der Waals surface area contributed by atoms with Crippen LogP contribution < -0.4 is 14.2 Å². The lowest BCUT2D eigenvalue weighted by atomic mass is 10.2. The lowest BCUT2D eigenvalue weighted by molar-refractivity contribution is 0.334. The zero-order chi connectivity index (χ0) is 28.5. The Morgan fingerprint density at radius 1 is 0.550 bits per heavy atom. The molecule has 0 spiro atoms. The maximum atomic E-state index is 5.75. The lowest BCUT2D eigenvalue weighted by Crippen LogP contribution is -2.20. The topological polar surface area (TPSA) is 102 Å². The van der Waals surface area contributed by atoms with E-state index < -0.39 is 5.79 Å². The molecule has 0 fully saturated rings. The summed E-state index contributed by atoms with van der Waals surface area (Å²) in [5.74, 6) is 1.13. The van der Waals surface area contributed by atoms with E-state index in [1.807, 2.05) is 93.6 Å². The molecule has 9 nitrogen and oxygen atoms in total. The normalized spacial score (nSPS) is 13.3. The van der Waals surface area contributed by atoms with Gasteiger partial charge in [-0.1, -0.05) is 60.6 Å². The van der Waals surface area contributed by atoms with E-state index in [0.717, 1.165) is 50.2 Å². The lowest BCUT2D eigenvalue weighted by Gasteiger charge is -2.17. The number of hydrogen-bond acceptors (Lipinski definition) is 9. The molecule has 0 atom stereocenters. The quantitative estimate of drug-likeness (QED) is 0.132. The van der Waals surface area contributed by atoms with Gasteiger partial charge in [0.2, 0.25) is 0 Å². The highest BCUT2D eigenvalue weighted by molar-refractivity contribution is 6.08. The molecule has 0 heterocycles. The van der Waals surface area contributed by atoms with Crippen molar-refractivity contribution in [3.8, 4) is 17.2 Å². The third-order valence-electron chi connectivity index (χ3n) is 5.82. The van der Waals surface area contributed by atoms with Crippen LogP contribution in [0.2, 0.25) is 6.04 Å². The van der Waals surface area contributed by atoms with E-state index in [2.05, 4.69) is 30.7 Å². The molecule has 3 rings (SSSR count). The minimum absolute atomic E-state index is 0.338. The zero-order valence-corrected chi connectivity index (χ0v) is 26.0. The first-order valence-corrected chi connectivity index (χ1v) is 15.3. The van der Waals surface area contributed by atoms with Gasteiger partial charge in [-0.15, -0.1) is 15.3 Å². The molecule has 0 radical (unpaired) electrons. The minimum Gasteiger partial charge on any atom is -0.494 e. The summed E-state index contributed by atoms with van der Waals surface area (Å²) in [6, 6.07) is 24.4. The molecule has 0 saturated heterocycles. The van der Waals surface area contributed by atoms with Crippen molar-refractivity contribution in [1.29, 1.82) is 0 Å². The van der Waals surface area contributed by atoms with Gasteiger partial charge < -0.3 is 14.2 Å². The third kappa shape index (κ3) is 9.37. The van der Waals surface area contributed by atoms with Crippen molar-refractivity contribution in [2.75, 3.05) is 19.8 Å². The number of azo groups is 3. The third-order valence-corrected chi connectivity index (χ3v) is 6.32. The van der Waals surface area contributed by atoms with Crippen LogP contribution in [0.25, 0.3) is 0 Å². The number of rotatable bonds is 17. The van der Waals surface area contributed by atoms with Crippen LogP contribution in [-0.4, -0.2) is 35.8 Å². The van der Waals surface area contributed by atoms with Gasteiger partial charge in [-0.05, 0) is 39.0 Å². The van der Waals surface area contributed by atoms with Crippen molar-refractivity contribution in [3.63, 3.8) is 0 Å². The predicted octanol–water partition coefficient (Wildman–Crippen LogP) is 6.97. The van der Waals surface area contributed by atoms with Crippen LogP contribution in [0.5, 0.6) is 17.2 Å². The summed E-state index contributed by atoms with van der Waals surface area (Å²) in [4.78, 5) is 0. The van der Waals surface area contributed by atoms with Gasteiger partial charge in [0.15, 0.2) is 0 Å². The number of nitrogens with zero attached hydrogens (tertiary/aromatic N) is 6. The van der Waals surface area contributed by atoms with Gasteiger partial charge in [-0.2, -0.15) is 15.3 Å². The largest absolute Gasteiger partial charge is 0.494 e. The Balaban J connectivity index is 1.90. The van der Waals surface area contributed by atoms with Crippen molar-refractivity contribution in [1.82, 2.24) is 0 Å². The highest BCUT2D eigenvalue weighted by atomic mass is 28.1. The molecule has 0 saturated carbocycles. The van der Waals surface area contributed by atoms with E-state index in [-0.39, 0.29) is 0 Å². The van der Waals surface area contributed by atoms with Gasteiger partial charge in [-0.25, -0.2) is 0 Å².